The zero-order valence-corrected chi connectivity index (χ0v) is 11.7. The summed E-state index contributed by atoms with van der Waals surface area (Å²) in [6.45, 7) is 1.73. The van der Waals surface area contributed by atoms with Gasteiger partial charge in [0.05, 0.1) is 15.7 Å². The van der Waals surface area contributed by atoms with Crippen molar-refractivity contribution in [2.24, 2.45) is 0 Å². The third kappa shape index (κ3) is 2.76. The van der Waals surface area contributed by atoms with Gasteiger partial charge in [0.1, 0.15) is 5.56 Å². The number of aromatic nitrogens is 2. The highest BCUT2D eigenvalue weighted by atomic mass is 35.5. The molecule has 20 heavy (non-hydrogen) atoms. The molecule has 0 spiro atoms. The van der Waals surface area contributed by atoms with Gasteiger partial charge in [-0.1, -0.05) is 23.2 Å². The number of aryl methyl sites for hydroxylation is 1. The van der Waals surface area contributed by atoms with Crippen LogP contribution in [0.15, 0.2) is 18.2 Å². The van der Waals surface area contributed by atoms with Gasteiger partial charge < -0.3 is 10.4 Å². The predicted molar refractivity (Wildman–Crippen MR) is 74.7 cm³/mol. The van der Waals surface area contributed by atoms with Crippen LogP contribution in [0.2, 0.25) is 10.0 Å². The number of halogens is 2. The molecule has 0 unspecified atom stereocenters. The molecule has 2 rings (SSSR count). The summed E-state index contributed by atoms with van der Waals surface area (Å²) in [5.74, 6) is -1.87. The average Bonchev–Trinajstić information content (AvgIpc) is 2.80. The molecule has 1 aromatic heterocycles. The molecule has 3 N–H and O–H groups in total. The van der Waals surface area contributed by atoms with Crippen molar-refractivity contribution in [1.29, 1.82) is 0 Å². The largest absolute Gasteiger partial charge is 0.478 e. The first kappa shape index (κ1) is 14.4. The molecular formula is C12H9Cl2N3O3. The topological polar surface area (TPSA) is 95.1 Å². The third-order valence-electron chi connectivity index (χ3n) is 2.49. The molecule has 0 aliphatic heterocycles. The Morgan fingerprint density at radius 1 is 1.30 bits per heavy atom. The minimum absolute atomic E-state index is 0.0181. The standard InChI is InChI=1S/C12H9Cl2N3O3/c1-5-4-8(17-16-5)11(18)15-10-7(14)3-2-6(13)9(10)12(19)20/h2-4H,1H3,(H,15,18)(H,16,17)(H,19,20). The van der Waals surface area contributed by atoms with Crippen LogP contribution in [0.4, 0.5) is 5.69 Å². The maximum atomic E-state index is 12.0. The lowest BCUT2D eigenvalue weighted by Gasteiger charge is -2.10. The molecule has 0 aliphatic carbocycles. The number of hydrogen-bond donors (Lipinski definition) is 3. The van der Waals surface area contributed by atoms with Gasteiger partial charge >= 0.3 is 5.97 Å². The van der Waals surface area contributed by atoms with Crippen molar-refractivity contribution in [2.75, 3.05) is 5.32 Å². The van der Waals surface area contributed by atoms with E-state index in [0.29, 0.717) is 5.69 Å². The highest BCUT2D eigenvalue weighted by Crippen LogP contribution is 2.32. The Balaban J connectivity index is 2.41. The van der Waals surface area contributed by atoms with E-state index < -0.39 is 11.9 Å². The summed E-state index contributed by atoms with van der Waals surface area (Å²) >= 11 is 11.7. The van der Waals surface area contributed by atoms with Crippen molar-refractivity contribution in [3.8, 4) is 0 Å². The first-order valence-electron chi connectivity index (χ1n) is 5.45. The number of nitrogens with one attached hydrogen (secondary N) is 2. The van der Waals surface area contributed by atoms with Crippen molar-refractivity contribution in [1.82, 2.24) is 10.2 Å². The SMILES string of the molecule is Cc1cc(C(=O)Nc2c(Cl)ccc(Cl)c2C(=O)O)n[nH]1. The summed E-state index contributed by atoms with van der Waals surface area (Å²) in [5.41, 5.74) is 0.498. The van der Waals surface area contributed by atoms with E-state index in [9.17, 15) is 9.59 Å². The highest BCUT2D eigenvalue weighted by molar-refractivity contribution is 6.38. The van der Waals surface area contributed by atoms with Gasteiger partial charge in [-0.05, 0) is 25.1 Å². The summed E-state index contributed by atoms with van der Waals surface area (Å²) in [5, 5.41) is 18.0. The molecule has 1 aromatic carbocycles. The number of carbonyl (C=O) groups is 2. The molecule has 104 valence electrons. The molecule has 8 heteroatoms. The molecule has 2 aromatic rings. The maximum absolute atomic E-state index is 12.0. The average molecular weight is 314 g/mol. The molecule has 0 bridgehead atoms. The van der Waals surface area contributed by atoms with Crippen LogP contribution >= 0.6 is 23.2 Å². The van der Waals surface area contributed by atoms with Crippen molar-refractivity contribution in [3.05, 3.63) is 45.2 Å². The number of carbonyl (C=O) groups excluding carboxylic acids is 1. The van der Waals surface area contributed by atoms with Crippen molar-refractivity contribution >= 4 is 40.8 Å². The van der Waals surface area contributed by atoms with Gasteiger partial charge in [0.2, 0.25) is 0 Å². The number of aromatic carboxylic acids is 1. The molecular weight excluding hydrogens is 305 g/mol. The number of benzene rings is 1. The van der Waals surface area contributed by atoms with Gasteiger partial charge in [-0.25, -0.2) is 4.79 Å². The van der Waals surface area contributed by atoms with Crippen LogP contribution in [-0.4, -0.2) is 27.2 Å². The summed E-state index contributed by atoms with van der Waals surface area (Å²) in [7, 11) is 0. The highest BCUT2D eigenvalue weighted by Gasteiger charge is 2.21. The minimum atomic E-state index is -1.29. The Labute approximate surface area is 123 Å². The normalized spacial score (nSPS) is 10.3. The summed E-state index contributed by atoms with van der Waals surface area (Å²) in [6.07, 6.45) is 0. The fraction of sp³-hybridized carbons (Fsp3) is 0.0833. The van der Waals surface area contributed by atoms with Crippen LogP contribution in [0.3, 0.4) is 0 Å². The van der Waals surface area contributed by atoms with Crippen LogP contribution in [-0.2, 0) is 0 Å². The Kier molecular flexibility index (Phi) is 3.96. The molecule has 0 aliphatic rings. The molecule has 1 heterocycles. The van der Waals surface area contributed by atoms with Crippen molar-refractivity contribution < 1.29 is 14.7 Å². The predicted octanol–water partition coefficient (Wildman–Crippen LogP) is 2.98. The molecule has 0 fully saturated rings. The fourth-order valence-corrected chi connectivity index (χ4v) is 2.04. The van der Waals surface area contributed by atoms with Gasteiger partial charge in [-0.15, -0.1) is 0 Å². The van der Waals surface area contributed by atoms with E-state index in [1.165, 1.54) is 18.2 Å². The van der Waals surface area contributed by atoms with Gasteiger partial charge in [-0.2, -0.15) is 5.10 Å². The van der Waals surface area contributed by atoms with E-state index in [1.54, 1.807) is 6.92 Å². The van der Waals surface area contributed by atoms with Crippen LogP contribution < -0.4 is 5.32 Å². The lowest BCUT2D eigenvalue weighted by Crippen LogP contribution is -2.16. The first-order valence-corrected chi connectivity index (χ1v) is 6.20. The molecule has 0 saturated heterocycles. The van der Waals surface area contributed by atoms with Crippen molar-refractivity contribution in [2.45, 2.75) is 6.92 Å². The Morgan fingerprint density at radius 2 is 1.95 bits per heavy atom. The van der Waals surface area contributed by atoms with E-state index in [-0.39, 0.29) is 27.0 Å². The van der Waals surface area contributed by atoms with Crippen LogP contribution in [0.25, 0.3) is 0 Å². The number of anilines is 1. The third-order valence-corrected chi connectivity index (χ3v) is 3.12. The van der Waals surface area contributed by atoms with Crippen molar-refractivity contribution in [3.63, 3.8) is 0 Å². The van der Waals surface area contributed by atoms with Gasteiger partial charge in [-0.3, -0.25) is 9.89 Å². The number of H-pyrrole nitrogens is 1. The maximum Gasteiger partial charge on any atom is 0.339 e. The van der Waals surface area contributed by atoms with E-state index in [2.05, 4.69) is 15.5 Å². The quantitative estimate of drug-likeness (QED) is 0.811. The summed E-state index contributed by atoms with van der Waals surface area (Å²) in [4.78, 5) is 23.2. The second-order valence-electron chi connectivity index (χ2n) is 3.97. The zero-order chi connectivity index (χ0) is 14.9. The molecule has 0 atom stereocenters. The number of rotatable bonds is 3. The van der Waals surface area contributed by atoms with E-state index in [4.69, 9.17) is 28.3 Å². The van der Waals surface area contributed by atoms with Gasteiger partial charge in [0, 0.05) is 5.69 Å². The first-order chi connectivity index (χ1) is 9.40. The van der Waals surface area contributed by atoms with Crippen LogP contribution in [0.1, 0.15) is 26.5 Å². The number of carboxylic acids is 1. The van der Waals surface area contributed by atoms with Gasteiger partial charge in [0.15, 0.2) is 5.69 Å². The van der Waals surface area contributed by atoms with Gasteiger partial charge in [0.25, 0.3) is 5.91 Å². The number of hydrogen-bond acceptors (Lipinski definition) is 3. The number of nitrogens with zero attached hydrogens (tertiary/aromatic N) is 1. The van der Waals surface area contributed by atoms with E-state index >= 15 is 0 Å². The second-order valence-corrected chi connectivity index (χ2v) is 4.79. The lowest BCUT2D eigenvalue weighted by molar-refractivity contribution is 0.0698. The lowest BCUT2D eigenvalue weighted by atomic mass is 10.1. The van der Waals surface area contributed by atoms with E-state index in [0.717, 1.165) is 0 Å². The Morgan fingerprint density at radius 3 is 2.50 bits per heavy atom. The summed E-state index contributed by atoms with van der Waals surface area (Å²) < 4.78 is 0. The van der Waals surface area contributed by atoms with E-state index in [1.807, 2.05) is 0 Å². The van der Waals surface area contributed by atoms with Crippen LogP contribution in [0, 0.1) is 6.92 Å². The molecule has 0 saturated carbocycles. The van der Waals surface area contributed by atoms with Crippen LogP contribution in [0.5, 0.6) is 0 Å². The number of aromatic amines is 1. The number of carboxylic acid groups (broad SMARTS) is 1. The minimum Gasteiger partial charge on any atom is -0.478 e. The fourth-order valence-electron chi connectivity index (χ4n) is 1.60. The smallest absolute Gasteiger partial charge is 0.339 e. The Bertz CT molecular complexity index is 697. The summed E-state index contributed by atoms with van der Waals surface area (Å²) in [6, 6.07) is 4.28. The molecule has 1 amide bonds. The zero-order valence-electron chi connectivity index (χ0n) is 10.2. The second kappa shape index (κ2) is 5.52. The monoisotopic (exact) mass is 313 g/mol. The number of amides is 1. The Hall–Kier alpha value is -2.05. The molecule has 6 nitrogen and oxygen atoms in total. The molecule has 0 radical (unpaired) electrons.